The van der Waals surface area contributed by atoms with Gasteiger partial charge in [-0.2, -0.15) is 0 Å². The number of halogens is 1. The molecule has 0 heterocycles. The lowest BCUT2D eigenvalue weighted by Crippen LogP contribution is -2.19. The van der Waals surface area contributed by atoms with Crippen LogP contribution in [0.4, 0.5) is 5.69 Å². The van der Waals surface area contributed by atoms with Crippen molar-refractivity contribution in [3.8, 4) is 0 Å². The first kappa shape index (κ1) is 15.5. The third-order valence-corrected chi connectivity index (χ3v) is 3.73. The van der Waals surface area contributed by atoms with Crippen LogP contribution in [0.15, 0.2) is 42.5 Å². The summed E-state index contributed by atoms with van der Waals surface area (Å²) in [4.78, 5) is 10.7. The molecule has 0 aliphatic rings. The van der Waals surface area contributed by atoms with E-state index in [0.29, 0.717) is 17.1 Å². The van der Waals surface area contributed by atoms with Gasteiger partial charge in [0.25, 0.3) is 5.69 Å². The van der Waals surface area contributed by atoms with E-state index < -0.39 is 0 Å². The number of nitro benzene ring substituents is 1. The minimum atomic E-state index is -0.383. The predicted octanol–water partition coefficient (Wildman–Crippen LogP) is 4.41. The monoisotopic (exact) mass is 304 g/mol. The molecule has 5 heteroatoms. The Hall–Kier alpha value is -1.91. The van der Waals surface area contributed by atoms with Crippen molar-refractivity contribution in [2.24, 2.45) is 0 Å². The van der Waals surface area contributed by atoms with Crippen molar-refractivity contribution in [1.82, 2.24) is 5.32 Å². The molecular formula is C16H17ClN2O2. The highest BCUT2D eigenvalue weighted by Crippen LogP contribution is 2.24. The highest BCUT2D eigenvalue weighted by atomic mass is 35.5. The van der Waals surface area contributed by atoms with Gasteiger partial charge in [-0.3, -0.25) is 10.1 Å². The van der Waals surface area contributed by atoms with Crippen LogP contribution in [0.5, 0.6) is 0 Å². The molecule has 0 aromatic heterocycles. The molecule has 0 saturated heterocycles. The average molecular weight is 305 g/mol. The SMILES string of the molecule is Cc1ccccc1C(C)NCc1cc(Cl)ccc1[N+](=O)[O-]. The zero-order valence-corrected chi connectivity index (χ0v) is 12.7. The van der Waals surface area contributed by atoms with Gasteiger partial charge in [0.15, 0.2) is 0 Å². The average Bonchev–Trinajstić information content (AvgIpc) is 2.45. The number of nitro groups is 1. The van der Waals surface area contributed by atoms with Gasteiger partial charge in [0.2, 0.25) is 0 Å². The van der Waals surface area contributed by atoms with Gasteiger partial charge in [0, 0.05) is 29.2 Å². The number of hydrogen-bond donors (Lipinski definition) is 1. The van der Waals surface area contributed by atoms with E-state index in [0.717, 1.165) is 0 Å². The quantitative estimate of drug-likeness (QED) is 0.657. The molecular weight excluding hydrogens is 288 g/mol. The van der Waals surface area contributed by atoms with Crippen molar-refractivity contribution >= 4 is 17.3 Å². The Morgan fingerprint density at radius 3 is 2.67 bits per heavy atom. The Morgan fingerprint density at radius 2 is 2.00 bits per heavy atom. The summed E-state index contributed by atoms with van der Waals surface area (Å²) in [6.45, 7) is 4.49. The first-order valence-electron chi connectivity index (χ1n) is 6.70. The summed E-state index contributed by atoms with van der Waals surface area (Å²) in [6.07, 6.45) is 0. The van der Waals surface area contributed by atoms with E-state index in [1.54, 1.807) is 6.07 Å². The van der Waals surface area contributed by atoms with Crippen LogP contribution in [-0.4, -0.2) is 4.92 Å². The van der Waals surface area contributed by atoms with Crippen LogP contribution < -0.4 is 5.32 Å². The van der Waals surface area contributed by atoms with Gasteiger partial charge in [-0.05, 0) is 37.1 Å². The molecule has 2 aromatic rings. The van der Waals surface area contributed by atoms with Crippen LogP contribution in [0.2, 0.25) is 5.02 Å². The lowest BCUT2D eigenvalue weighted by Gasteiger charge is -2.16. The van der Waals surface area contributed by atoms with E-state index in [1.807, 2.05) is 19.1 Å². The molecule has 2 rings (SSSR count). The minimum Gasteiger partial charge on any atom is -0.306 e. The number of aryl methyl sites for hydroxylation is 1. The molecule has 0 saturated carbocycles. The van der Waals surface area contributed by atoms with Crippen LogP contribution in [0.3, 0.4) is 0 Å². The molecule has 0 fully saturated rings. The molecule has 4 nitrogen and oxygen atoms in total. The Morgan fingerprint density at radius 1 is 1.29 bits per heavy atom. The normalized spacial score (nSPS) is 12.1. The van der Waals surface area contributed by atoms with Gasteiger partial charge >= 0.3 is 0 Å². The van der Waals surface area contributed by atoms with E-state index in [2.05, 4.69) is 24.4 Å². The van der Waals surface area contributed by atoms with Crippen molar-refractivity contribution in [3.63, 3.8) is 0 Å². The third-order valence-electron chi connectivity index (χ3n) is 3.49. The molecule has 1 unspecified atom stereocenters. The third kappa shape index (κ3) is 3.80. The highest BCUT2D eigenvalue weighted by Gasteiger charge is 2.15. The minimum absolute atomic E-state index is 0.0869. The van der Waals surface area contributed by atoms with E-state index in [1.165, 1.54) is 23.3 Å². The lowest BCUT2D eigenvalue weighted by atomic mass is 10.0. The summed E-state index contributed by atoms with van der Waals surface area (Å²) < 4.78 is 0. The smallest absolute Gasteiger partial charge is 0.273 e. The van der Waals surface area contributed by atoms with Crippen molar-refractivity contribution in [2.45, 2.75) is 26.4 Å². The molecule has 21 heavy (non-hydrogen) atoms. The second-order valence-corrected chi connectivity index (χ2v) is 5.43. The largest absolute Gasteiger partial charge is 0.306 e. The van der Waals surface area contributed by atoms with Crippen molar-refractivity contribution in [2.75, 3.05) is 0 Å². The van der Waals surface area contributed by atoms with Crippen LogP contribution in [0, 0.1) is 17.0 Å². The number of nitrogens with one attached hydrogen (secondary N) is 1. The molecule has 0 aliphatic carbocycles. The first-order valence-corrected chi connectivity index (χ1v) is 7.08. The number of hydrogen-bond acceptors (Lipinski definition) is 3. The fourth-order valence-electron chi connectivity index (χ4n) is 2.32. The van der Waals surface area contributed by atoms with Crippen molar-refractivity contribution in [3.05, 3.63) is 74.3 Å². The van der Waals surface area contributed by atoms with Gasteiger partial charge in [-0.15, -0.1) is 0 Å². The fourth-order valence-corrected chi connectivity index (χ4v) is 2.51. The number of nitrogens with zero attached hydrogens (tertiary/aromatic N) is 1. The maximum Gasteiger partial charge on any atom is 0.273 e. The van der Waals surface area contributed by atoms with Crippen LogP contribution in [0.25, 0.3) is 0 Å². The summed E-state index contributed by atoms with van der Waals surface area (Å²) in [5.74, 6) is 0. The highest BCUT2D eigenvalue weighted by molar-refractivity contribution is 6.30. The van der Waals surface area contributed by atoms with Gasteiger partial charge in [0.1, 0.15) is 0 Å². The van der Waals surface area contributed by atoms with Crippen LogP contribution in [-0.2, 0) is 6.54 Å². The van der Waals surface area contributed by atoms with Crippen LogP contribution in [0.1, 0.15) is 29.7 Å². The Balaban J connectivity index is 2.15. The van der Waals surface area contributed by atoms with Crippen LogP contribution >= 0.6 is 11.6 Å². The zero-order valence-electron chi connectivity index (χ0n) is 12.0. The topological polar surface area (TPSA) is 55.2 Å². The van der Waals surface area contributed by atoms with E-state index in [9.17, 15) is 10.1 Å². The molecule has 2 aromatic carbocycles. The van der Waals surface area contributed by atoms with Gasteiger partial charge in [-0.1, -0.05) is 35.9 Å². The first-order chi connectivity index (χ1) is 9.99. The lowest BCUT2D eigenvalue weighted by molar-refractivity contribution is -0.385. The molecule has 0 radical (unpaired) electrons. The van der Waals surface area contributed by atoms with Gasteiger partial charge in [-0.25, -0.2) is 0 Å². The Kier molecular flexibility index (Phi) is 4.94. The Labute approximate surface area is 128 Å². The Bertz CT molecular complexity index is 658. The van der Waals surface area contributed by atoms with E-state index in [-0.39, 0.29) is 16.7 Å². The maximum atomic E-state index is 11.0. The zero-order chi connectivity index (χ0) is 15.4. The molecule has 0 bridgehead atoms. The van der Waals surface area contributed by atoms with Crippen molar-refractivity contribution in [1.29, 1.82) is 0 Å². The molecule has 1 N–H and O–H groups in total. The second-order valence-electron chi connectivity index (χ2n) is 4.99. The molecule has 0 amide bonds. The fraction of sp³-hybridized carbons (Fsp3) is 0.250. The molecule has 0 spiro atoms. The predicted molar refractivity (Wildman–Crippen MR) is 84.5 cm³/mol. The maximum absolute atomic E-state index is 11.0. The van der Waals surface area contributed by atoms with Gasteiger partial charge < -0.3 is 5.32 Å². The molecule has 0 aliphatic heterocycles. The van der Waals surface area contributed by atoms with E-state index in [4.69, 9.17) is 11.6 Å². The van der Waals surface area contributed by atoms with E-state index >= 15 is 0 Å². The summed E-state index contributed by atoms with van der Waals surface area (Å²) in [5.41, 5.74) is 3.05. The summed E-state index contributed by atoms with van der Waals surface area (Å²) in [7, 11) is 0. The molecule has 110 valence electrons. The summed E-state index contributed by atoms with van der Waals surface area (Å²) in [6, 6.07) is 12.8. The second kappa shape index (κ2) is 6.70. The summed E-state index contributed by atoms with van der Waals surface area (Å²) >= 11 is 5.93. The number of benzene rings is 2. The van der Waals surface area contributed by atoms with Gasteiger partial charge in [0.05, 0.1) is 4.92 Å². The standard InChI is InChI=1S/C16H17ClN2O2/c1-11-5-3-4-6-15(11)12(2)18-10-13-9-14(17)7-8-16(13)19(20)21/h3-9,12,18H,10H2,1-2H3. The van der Waals surface area contributed by atoms with Crippen molar-refractivity contribution < 1.29 is 4.92 Å². The number of rotatable bonds is 5. The summed E-state index contributed by atoms with van der Waals surface area (Å²) in [5, 5.41) is 14.9. The molecule has 1 atom stereocenters.